The first-order valence-corrected chi connectivity index (χ1v) is 4.75. The van der Waals surface area contributed by atoms with Crippen molar-refractivity contribution in [3.63, 3.8) is 0 Å². The largest absolute Gasteiger partial charge is 0.506 e. The first-order valence-electron chi connectivity index (χ1n) is 4.75. The number of hydrogen-bond donors (Lipinski definition) is 5. The fourth-order valence-electron chi connectivity index (χ4n) is 1.21. The molecule has 0 aliphatic carbocycles. The number of phenols is 2. The van der Waals surface area contributed by atoms with Crippen molar-refractivity contribution in [1.29, 1.82) is 0 Å². The molecule has 1 amide bonds. The van der Waals surface area contributed by atoms with Gasteiger partial charge in [0, 0.05) is 13.0 Å². The average Bonchev–Trinajstić information content (AvgIpc) is 2.24. The van der Waals surface area contributed by atoms with Gasteiger partial charge in [-0.2, -0.15) is 0 Å². The van der Waals surface area contributed by atoms with Crippen molar-refractivity contribution in [2.24, 2.45) is 5.73 Å². The molecule has 1 rings (SSSR count). The molecule has 7 nitrogen and oxygen atoms in total. The van der Waals surface area contributed by atoms with Crippen molar-refractivity contribution in [3.8, 4) is 11.5 Å². The number of rotatable bonds is 4. The van der Waals surface area contributed by atoms with Crippen LogP contribution in [0.3, 0.4) is 0 Å². The van der Waals surface area contributed by atoms with Crippen LogP contribution in [0.2, 0.25) is 0 Å². The standard InChI is InChI=1S/C10H12N2O5/c11-4-3-7(14)12-8-6(13)2-1-5(9(8)15)10(16)17/h1-2,13,15H,3-4,11H2,(H,12,14)(H,16,17). The Morgan fingerprint density at radius 3 is 2.47 bits per heavy atom. The molecule has 1 aromatic rings. The highest BCUT2D eigenvalue weighted by Gasteiger charge is 2.18. The Labute approximate surface area is 96.5 Å². The van der Waals surface area contributed by atoms with Gasteiger partial charge >= 0.3 is 5.97 Å². The lowest BCUT2D eigenvalue weighted by molar-refractivity contribution is -0.116. The molecule has 0 fully saturated rings. The van der Waals surface area contributed by atoms with Gasteiger partial charge in [0.1, 0.15) is 17.0 Å². The molecule has 0 heterocycles. The first-order chi connectivity index (χ1) is 7.97. The predicted octanol–water partition coefficient (Wildman–Crippen LogP) is 0.0833. The van der Waals surface area contributed by atoms with Crippen molar-refractivity contribution >= 4 is 17.6 Å². The van der Waals surface area contributed by atoms with Gasteiger partial charge in [0.2, 0.25) is 5.91 Å². The zero-order chi connectivity index (χ0) is 13.0. The molecule has 0 atom stereocenters. The van der Waals surface area contributed by atoms with Gasteiger partial charge in [-0.1, -0.05) is 0 Å². The minimum Gasteiger partial charge on any atom is -0.506 e. The Hall–Kier alpha value is -2.28. The first kappa shape index (κ1) is 12.8. The smallest absolute Gasteiger partial charge is 0.339 e. The minimum absolute atomic E-state index is 0.00379. The van der Waals surface area contributed by atoms with E-state index in [4.69, 9.17) is 10.8 Å². The number of aromatic carboxylic acids is 1. The molecule has 0 spiro atoms. The van der Waals surface area contributed by atoms with Gasteiger partial charge in [0.15, 0.2) is 5.75 Å². The van der Waals surface area contributed by atoms with Gasteiger partial charge in [-0.05, 0) is 12.1 Å². The van der Waals surface area contributed by atoms with Crippen LogP contribution in [-0.2, 0) is 4.79 Å². The molecule has 6 N–H and O–H groups in total. The number of nitrogens with two attached hydrogens (primary N) is 1. The number of benzene rings is 1. The van der Waals surface area contributed by atoms with Crippen LogP contribution in [0.25, 0.3) is 0 Å². The lowest BCUT2D eigenvalue weighted by atomic mass is 10.1. The maximum atomic E-state index is 11.2. The molecule has 0 aliphatic rings. The molecule has 0 aromatic heterocycles. The van der Waals surface area contributed by atoms with E-state index in [1.54, 1.807) is 0 Å². The summed E-state index contributed by atoms with van der Waals surface area (Å²) in [4.78, 5) is 22.0. The van der Waals surface area contributed by atoms with E-state index >= 15 is 0 Å². The fraction of sp³-hybridized carbons (Fsp3) is 0.200. The van der Waals surface area contributed by atoms with Gasteiger partial charge in [-0.25, -0.2) is 4.79 Å². The quantitative estimate of drug-likeness (QED) is 0.473. The second-order valence-electron chi connectivity index (χ2n) is 3.25. The van der Waals surface area contributed by atoms with Crippen LogP contribution < -0.4 is 11.1 Å². The molecule has 0 bridgehead atoms. The van der Waals surface area contributed by atoms with E-state index in [1.165, 1.54) is 0 Å². The molecular weight excluding hydrogens is 228 g/mol. The van der Waals surface area contributed by atoms with Gasteiger partial charge in [-0.15, -0.1) is 0 Å². The molecule has 7 heteroatoms. The number of carboxylic acids is 1. The monoisotopic (exact) mass is 240 g/mol. The van der Waals surface area contributed by atoms with Crippen LogP contribution in [0.5, 0.6) is 11.5 Å². The van der Waals surface area contributed by atoms with Crippen molar-refractivity contribution < 1.29 is 24.9 Å². The Kier molecular flexibility index (Phi) is 3.89. The van der Waals surface area contributed by atoms with E-state index in [2.05, 4.69) is 5.32 Å². The number of phenolic OH excluding ortho intramolecular Hbond substituents is 1. The molecule has 1 aromatic carbocycles. The fourth-order valence-corrected chi connectivity index (χ4v) is 1.21. The van der Waals surface area contributed by atoms with Crippen LogP contribution >= 0.6 is 0 Å². The maximum Gasteiger partial charge on any atom is 0.339 e. The summed E-state index contributed by atoms with van der Waals surface area (Å²) in [5, 5.41) is 29.9. The zero-order valence-electron chi connectivity index (χ0n) is 8.80. The second kappa shape index (κ2) is 5.17. The minimum atomic E-state index is -1.36. The molecular formula is C10H12N2O5. The molecule has 0 aliphatic heterocycles. The van der Waals surface area contributed by atoms with Crippen LogP contribution in [0.15, 0.2) is 12.1 Å². The Balaban J connectivity index is 3.09. The number of amides is 1. The van der Waals surface area contributed by atoms with Crippen molar-refractivity contribution in [2.45, 2.75) is 6.42 Å². The Morgan fingerprint density at radius 2 is 1.94 bits per heavy atom. The molecule has 17 heavy (non-hydrogen) atoms. The van der Waals surface area contributed by atoms with Crippen molar-refractivity contribution in [3.05, 3.63) is 17.7 Å². The number of carbonyl (C=O) groups excluding carboxylic acids is 1. The van der Waals surface area contributed by atoms with E-state index in [1.807, 2.05) is 0 Å². The van der Waals surface area contributed by atoms with Crippen molar-refractivity contribution in [1.82, 2.24) is 0 Å². The van der Waals surface area contributed by atoms with E-state index in [-0.39, 0.29) is 18.7 Å². The van der Waals surface area contributed by atoms with E-state index in [9.17, 15) is 19.8 Å². The normalized spacial score (nSPS) is 9.94. The summed E-state index contributed by atoms with van der Waals surface area (Å²) < 4.78 is 0. The molecule has 0 unspecified atom stereocenters. The lowest BCUT2D eigenvalue weighted by Gasteiger charge is -2.10. The van der Waals surface area contributed by atoms with Crippen LogP contribution in [0.1, 0.15) is 16.8 Å². The SMILES string of the molecule is NCCC(=O)Nc1c(O)ccc(C(=O)O)c1O. The Bertz CT molecular complexity index is 458. The highest BCUT2D eigenvalue weighted by atomic mass is 16.4. The van der Waals surface area contributed by atoms with Gasteiger partial charge < -0.3 is 26.4 Å². The summed E-state index contributed by atoms with van der Waals surface area (Å²) in [5.41, 5.74) is 4.42. The summed E-state index contributed by atoms with van der Waals surface area (Å²) in [5.74, 6) is -3.00. The predicted molar refractivity (Wildman–Crippen MR) is 59.0 cm³/mol. The number of anilines is 1. The number of carbonyl (C=O) groups is 2. The molecule has 92 valence electrons. The average molecular weight is 240 g/mol. The van der Waals surface area contributed by atoms with Gasteiger partial charge in [0.05, 0.1) is 0 Å². The van der Waals surface area contributed by atoms with Crippen LogP contribution in [0.4, 0.5) is 5.69 Å². The summed E-state index contributed by atoms with van der Waals surface area (Å²) in [6.45, 7) is 0.103. The second-order valence-corrected chi connectivity index (χ2v) is 3.25. The third-order valence-corrected chi connectivity index (χ3v) is 2.02. The lowest BCUT2D eigenvalue weighted by Crippen LogP contribution is -2.16. The zero-order valence-corrected chi connectivity index (χ0v) is 8.80. The third-order valence-electron chi connectivity index (χ3n) is 2.02. The van der Waals surface area contributed by atoms with E-state index in [0.717, 1.165) is 12.1 Å². The van der Waals surface area contributed by atoms with Crippen LogP contribution in [0, 0.1) is 0 Å². The summed E-state index contributed by atoms with van der Waals surface area (Å²) in [7, 11) is 0. The topological polar surface area (TPSA) is 133 Å². The third kappa shape index (κ3) is 2.85. The number of hydrogen-bond acceptors (Lipinski definition) is 5. The number of carboxylic acid groups (broad SMARTS) is 1. The van der Waals surface area contributed by atoms with E-state index in [0.29, 0.717) is 0 Å². The molecule has 0 saturated heterocycles. The highest BCUT2D eigenvalue weighted by molar-refractivity contribution is 5.99. The summed E-state index contributed by atoms with van der Waals surface area (Å²) in [6, 6.07) is 2.10. The maximum absolute atomic E-state index is 11.2. The molecule has 0 radical (unpaired) electrons. The summed E-state index contributed by atoms with van der Waals surface area (Å²) >= 11 is 0. The number of aromatic hydroxyl groups is 2. The van der Waals surface area contributed by atoms with Crippen molar-refractivity contribution in [2.75, 3.05) is 11.9 Å². The number of nitrogens with one attached hydrogen (secondary N) is 1. The van der Waals surface area contributed by atoms with Gasteiger partial charge in [0.25, 0.3) is 0 Å². The summed E-state index contributed by atoms with van der Waals surface area (Å²) in [6.07, 6.45) is -0.00379. The van der Waals surface area contributed by atoms with Crippen LogP contribution in [-0.4, -0.2) is 33.7 Å². The molecule has 0 saturated carbocycles. The highest BCUT2D eigenvalue weighted by Crippen LogP contribution is 2.36. The Morgan fingerprint density at radius 1 is 1.29 bits per heavy atom. The van der Waals surface area contributed by atoms with Gasteiger partial charge in [-0.3, -0.25) is 4.79 Å². The van der Waals surface area contributed by atoms with E-state index < -0.39 is 28.9 Å².